The summed E-state index contributed by atoms with van der Waals surface area (Å²) in [5.74, 6) is 1.65. The van der Waals surface area contributed by atoms with Crippen LogP contribution in [0.25, 0.3) is 0 Å². The molecule has 2 unspecified atom stereocenters. The number of rotatable bonds is 5. The lowest BCUT2D eigenvalue weighted by molar-refractivity contribution is -0.139. The summed E-state index contributed by atoms with van der Waals surface area (Å²) < 4.78 is 5.36. The van der Waals surface area contributed by atoms with E-state index in [2.05, 4.69) is 32.2 Å². The van der Waals surface area contributed by atoms with Crippen LogP contribution in [0.15, 0.2) is 35.9 Å². The molecule has 0 radical (unpaired) electrons. The second-order valence-electron chi connectivity index (χ2n) is 14.9. The van der Waals surface area contributed by atoms with Gasteiger partial charge in [0.2, 0.25) is 11.8 Å². The lowest BCUT2D eigenvalue weighted by atomic mass is 9.42. The van der Waals surface area contributed by atoms with Crippen LogP contribution in [0.5, 0.6) is 5.75 Å². The molecule has 3 saturated carbocycles. The minimum atomic E-state index is -0.374. The maximum atomic E-state index is 14.6. The molecule has 2 amide bonds. The van der Waals surface area contributed by atoms with Crippen LogP contribution < -0.4 is 15.0 Å². The van der Waals surface area contributed by atoms with Gasteiger partial charge in [-0.25, -0.2) is 0 Å². The molecule has 40 heavy (non-hydrogen) atoms. The number of ether oxygens (including phenoxy) is 1. The third-order valence-corrected chi connectivity index (χ3v) is 11.7. The molecule has 5 rings (SSSR count). The number of methoxy groups -OCH3 is 1. The van der Waals surface area contributed by atoms with Crippen molar-refractivity contribution in [2.45, 2.75) is 105 Å². The Morgan fingerprint density at radius 3 is 2.33 bits per heavy atom. The van der Waals surface area contributed by atoms with Gasteiger partial charge in [-0.2, -0.15) is 0 Å². The summed E-state index contributed by atoms with van der Waals surface area (Å²) in [4.78, 5) is 29.4. The molecule has 1 aromatic carbocycles. The van der Waals surface area contributed by atoms with Crippen molar-refractivity contribution in [2.75, 3.05) is 18.6 Å². The summed E-state index contributed by atoms with van der Waals surface area (Å²) in [5.41, 5.74) is 1.92. The van der Waals surface area contributed by atoms with E-state index in [9.17, 15) is 14.7 Å². The number of nitrogens with zero attached hydrogens (tertiary/aromatic N) is 1. The fraction of sp³-hybridized carbons (Fsp3) is 0.706. The van der Waals surface area contributed by atoms with E-state index in [1.807, 2.05) is 45.0 Å². The number of amides is 2. The van der Waals surface area contributed by atoms with Crippen molar-refractivity contribution in [3.63, 3.8) is 0 Å². The second kappa shape index (κ2) is 10.2. The van der Waals surface area contributed by atoms with E-state index in [1.54, 1.807) is 12.0 Å². The van der Waals surface area contributed by atoms with E-state index in [4.69, 9.17) is 4.74 Å². The standard InChI is InChI=1S/C34H50N2O4/c1-31(2,3)35-29(38)21-36(23-9-11-25(40-7)12-10-23)30(39)28-16-19-33(5)27-13-8-22-20-24(37)14-17-32(22,4)26(27)15-18-34(28,33)6/h8-12,24,26-28,37H,13-21H2,1-7H3,(H,35,38)/t24-,26?,27?,28+,32-,33-,34+/m0/s1. The number of aliphatic hydroxyl groups excluding tert-OH is 1. The zero-order valence-electron chi connectivity index (χ0n) is 25.7. The maximum absolute atomic E-state index is 14.6. The van der Waals surface area contributed by atoms with E-state index in [0.717, 1.165) is 62.8 Å². The number of benzene rings is 1. The predicted molar refractivity (Wildman–Crippen MR) is 159 cm³/mol. The van der Waals surface area contributed by atoms with Gasteiger partial charge in [0.15, 0.2) is 0 Å². The quantitative estimate of drug-likeness (QED) is 0.424. The number of hydrogen-bond donors (Lipinski definition) is 2. The summed E-state index contributed by atoms with van der Waals surface area (Å²) >= 11 is 0. The van der Waals surface area contributed by atoms with Crippen molar-refractivity contribution in [1.82, 2.24) is 5.32 Å². The van der Waals surface area contributed by atoms with Gasteiger partial charge in [0.05, 0.1) is 13.2 Å². The number of aliphatic hydroxyl groups is 1. The zero-order valence-corrected chi connectivity index (χ0v) is 25.7. The first-order chi connectivity index (χ1) is 18.7. The largest absolute Gasteiger partial charge is 0.497 e. The van der Waals surface area contributed by atoms with Crippen molar-refractivity contribution >= 4 is 17.5 Å². The molecule has 0 spiro atoms. The molecule has 3 fully saturated rings. The Balaban J connectivity index is 1.45. The second-order valence-corrected chi connectivity index (χ2v) is 14.9. The summed E-state index contributed by atoms with van der Waals surface area (Å²) in [6.07, 6.45) is 10.1. The summed E-state index contributed by atoms with van der Waals surface area (Å²) in [6.45, 7) is 13.2. The third kappa shape index (κ3) is 4.78. The van der Waals surface area contributed by atoms with E-state index in [0.29, 0.717) is 11.8 Å². The monoisotopic (exact) mass is 550 g/mol. The van der Waals surface area contributed by atoms with Crippen LogP contribution in [0.3, 0.4) is 0 Å². The highest BCUT2D eigenvalue weighted by atomic mass is 16.5. The Morgan fingerprint density at radius 1 is 1.00 bits per heavy atom. The van der Waals surface area contributed by atoms with Gasteiger partial charge in [-0.15, -0.1) is 0 Å². The number of fused-ring (bicyclic) bond motifs is 5. The summed E-state index contributed by atoms with van der Waals surface area (Å²) in [7, 11) is 1.63. The first-order valence-corrected chi connectivity index (χ1v) is 15.4. The molecule has 6 heteroatoms. The summed E-state index contributed by atoms with van der Waals surface area (Å²) in [6, 6.07) is 7.49. The van der Waals surface area contributed by atoms with Crippen LogP contribution in [-0.4, -0.2) is 42.2 Å². The van der Waals surface area contributed by atoms with E-state index in [1.165, 1.54) is 5.57 Å². The molecule has 0 bridgehead atoms. The van der Waals surface area contributed by atoms with Crippen LogP contribution in [0.1, 0.15) is 92.9 Å². The van der Waals surface area contributed by atoms with Gasteiger partial charge in [0, 0.05) is 17.1 Å². The highest BCUT2D eigenvalue weighted by Gasteiger charge is 2.66. The highest BCUT2D eigenvalue weighted by Crippen LogP contribution is 2.71. The number of hydrogen-bond acceptors (Lipinski definition) is 4. The minimum Gasteiger partial charge on any atom is -0.497 e. The molecular weight excluding hydrogens is 500 g/mol. The lowest BCUT2D eigenvalue weighted by Gasteiger charge is -2.62. The van der Waals surface area contributed by atoms with Gasteiger partial charge < -0.3 is 20.1 Å². The van der Waals surface area contributed by atoms with E-state index < -0.39 is 0 Å². The minimum absolute atomic E-state index is 0.00424. The van der Waals surface area contributed by atoms with Crippen molar-refractivity contribution in [2.24, 2.45) is 34.0 Å². The van der Waals surface area contributed by atoms with Crippen LogP contribution in [0, 0.1) is 34.0 Å². The Bertz CT molecular complexity index is 1170. The molecule has 2 N–H and O–H groups in total. The van der Waals surface area contributed by atoms with Gasteiger partial charge in [-0.1, -0.05) is 32.4 Å². The first kappa shape index (κ1) is 29.2. The molecule has 7 atom stereocenters. The molecular formula is C34H50N2O4. The number of carbonyl (C=O) groups is 2. The zero-order chi connectivity index (χ0) is 29.1. The highest BCUT2D eigenvalue weighted by molar-refractivity contribution is 6.00. The molecule has 4 aliphatic rings. The Labute approximate surface area is 240 Å². The van der Waals surface area contributed by atoms with E-state index >= 15 is 0 Å². The van der Waals surface area contributed by atoms with Gasteiger partial charge in [0.25, 0.3) is 0 Å². The number of carbonyl (C=O) groups excluding carboxylic acids is 2. The Hall–Kier alpha value is -2.34. The Kier molecular flexibility index (Phi) is 7.42. The smallest absolute Gasteiger partial charge is 0.240 e. The molecule has 0 saturated heterocycles. The van der Waals surface area contributed by atoms with Crippen LogP contribution in [0.2, 0.25) is 0 Å². The summed E-state index contributed by atoms with van der Waals surface area (Å²) in [5, 5.41) is 13.4. The molecule has 0 aliphatic heterocycles. The van der Waals surface area contributed by atoms with Crippen molar-refractivity contribution in [1.29, 1.82) is 0 Å². The fourth-order valence-electron chi connectivity index (χ4n) is 9.27. The molecule has 0 aromatic heterocycles. The average molecular weight is 551 g/mol. The van der Waals surface area contributed by atoms with Gasteiger partial charge in [-0.05, 0) is 124 Å². The van der Waals surface area contributed by atoms with Crippen LogP contribution in [-0.2, 0) is 9.59 Å². The van der Waals surface area contributed by atoms with Crippen LogP contribution in [0.4, 0.5) is 5.69 Å². The number of nitrogens with one attached hydrogen (secondary N) is 1. The third-order valence-electron chi connectivity index (χ3n) is 11.7. The SMILES string of the molecule is COc1ccc(N(CC(=O)NC(C)(C)C)C(=O)[C@H]2CC[C@@]3(C)C4CC=C5C[C@@H](O)CC[C@]5(C)C4CC[C@]23C)cc1. The predicted octanol–water partition coefficient (Wildman–Crippen LogP) is 6.27. The van der Waals surface area contributed by atoms with Crippen LogP contribution >= 0.6 is 0 Å². The number of anilines is 1. The normalized spacial score (nSPS) is 37.0. The topological polar surface area (TPSA) is 78.9 Å². The van der Waals surface area contributed by atoms with Gasteiger partial charge in [0.1, 0.15) is 12.3 Å². The first-order valence-electron chi connectivity index (χ1n) is 15.4. The number of allylic oxidation sites excluding steroid dienone is 1. The van der Waals surface area contributed by atoms with Crippen molar-refractivity contribution in [3.05, 3.63) is 35.9 Å². The lowest BCUT2D eigenvalue weighted by Crippen LogP contribution is -2.57. The molecule has 0 heterocycles. The maximum Gasteiger partial charge on any atom is 0.240 e. The van der Waals surface area contributed by atoms with Crippen molar-refractivity contribution < 1.29 is 19.4 Å². The molecule has 220 valence electrons. The van der Waals surface area contributed by atoms with Crippen molar-refractivity contribution in [3.8, 4) is 5.75 Å². The van der Waals surface area contributed by atoms with Gasteiger partial charge in [-0.3, -0.25) is 9.59 Å². The van der Waals surface area contributed by atoms with E-state index in [-0.39, 0.29) is 52.2 Å². The average Bonchev–Trinajstić information content (AvgIpc) is 3.17. The Morgan fingerprint density at radius 2 is 1.68 bits per heavy atom. The fourth-order valence-corrected chi connectivity index (χ4v) is 9.27. The molecule has 4 aliphatic carbocycles. The van der Waals surface area contributed by atoms with Gasteiger partial charge >= 0.3 is 0 Å². The molecule has 6 nitrogen and oxygen atoms in total. The molecule has 1 aromatic rings.